The molecule has 4 rings (SSSR count). The second-order valence-corrected chi connectivity index (χ2v) is 6.32. The van der Waals surface area contributed by atoms with Crippen LogP contribution in [0.25, 0.3) is 22.6 Å². The van der Waals surface area contributed by atoms with Crippen LogP contribution in [0, 0.1) is 6.92 Å². The van der Waals surface area contributed by atoms with Gasteiger partial charge in [-0.25, -0.2) is 0 Å². The third kappa shape index (κ3) is 1.75. The highest BCUT2D eigenvalue weighted by atomic mass is 16.6. The smallest absolute Gasteiger partial charge is 0.250 e. The fourth-order valence-corrected chi connectivity index (χ4v) is 3.53. The molecule has 0 aliphatic heterocycles. The molecule has 0 saturated carbocycles. The van der Waals surface area contributed by atoms with E-state index in [2.05, 4.69) is 0 Å². The van der Waals surface area contributed by atoms with Crippen molar-refractivity contribution in [3.8, 4) is 0 Å². The molecule has 0 spiro atoms. The van der Waals surface area contributed by atoms with E-state index in [0.29, 0.717) is 21.9 Å². The van der Waals surface area contributed by atoms with Crippen molar-refractivity contribution in [1.29, 1.82) is 0 Å². The van der Waals surface area contributed by atoms with Crippen molar-refractivity contribution >= 4 is 28.4 Å². The van der Waals surface area contributed by atoms with Gasteiger partial charge in [0.1, 0.15) is 0 Å². The Kier molecular flexibility index (Phi) is 2.82. The minimum absolute atomic E-state index is 0.109. The fraction of sp³-hybridized carbons (Fsp3) is 0.167. The van der Waals surface area contributed by atoms with Crippen LogP contribution in [0.1, 0.15) is 32.6 Å². The number of allylic oxidation sites excluding steroid dienone is 1. The number of aliphatic hydroxyl groups excluding tert-OH is 2. The van der Waals surface area contributed by atoms with E-state index in [4.69, 9.17) is 0 Å². The summed E-state index contributed by atoms with van der Waals surface area (Å²) >= 11 is 0. The number of aliphatic hydroxyl groups is 6. The first kappa shape index (κ1) is 15.8. The Balaban J connectivity index is 2.13. The normalized spacial score (nSPS) is 20.1. The number of hydrogen-bond donors (Lipinski definition) is 6. The van der Waals surface area contributed by atoms with Gasteiger partial charge < -0.3 is 30.6 Å². The molecule has 2 aliphatic carbocycles. The standard InChI is InChI=1S/C18H14O7/c1-7-6-10-13(15(20)16(21)14(10)19)9-2-3-11-8(12(7)9)4-5-17(22,23)18(11,24)25/h2-6,22-25H,1H3,(H2,19,20,21). The van der Waals surface area contributed by atoms with Gasteiger partial charge in [-0.2, -0.15) is 0 Å². The van der Waals surface area contributed by atoms with Gasteiger partial charge in [-0.3, -0.25) is 4.79 Å². The van der Waals surface area contributed by atoms with Crippen LogP contribution in [-0.4, -0.2) is 42.2 Å². The van der Waals surface area contributed by atoms with Crippen LogP contribution < -0.4 is 0 Å². The van der Waals surface area contributed by atoms with Gasteiger partial charge in [0.05, 0.1) is 0 Å². The van der Waals surface area contributed by atoms with Gasteiger partial charge in [0.25, 0.3) is 5.79 Å². The first-order valence-electron chi connectivity index (χ1n) is 7.44. The molecule has 2 aliphatic rings. The molecule has 6 N–H and O–H groups in total. The zero-order valence-corrected chi connectivity index (χ0v) is 13.0. The maximum Gasteiger partial charge on any atom is 0.250 e. The van der Waals surface area contributed by atoms with Crippen LogP contribution >= 0.6 is 0 Å². The second-order valence-electron chi connectivity index (χ2n) is 6.32. The third-order valence-corrected chi connectivity index (χ3v) is 4.83. The lowest BCUT2D eigenvalue weighted by Crippen LogP contribution is -2.52. The van der Waals surface area contributed by atoms with Crippen molar-refractivity contribution in [2.24, 2.45) is 0 Å². The third-order valence-electron chi connectivity index (χ3n) is 4.83. The van der Waals surface area contributed by atoms with E-state index in [-0.39, 0.29) is 16.7 Å². The zero-order chi connectivity index (χ0) is 18.3. The predicted molar refractivity (Wildman–Crippen MR) is 87.5 cm³/mol. The Labute approximate surface area is 141 Å². The molecule has 25 heavy (non-hydrogen) atoms. The maximum atomic E-state index is 12.3. The number of fused-ring (bicyclic) bond motifs is 5. The monoisotopic (exact) mass is 342 g/mol. The van der Waals surface area contributed by atoms with Gasteiger partial charge in [0, 0.05) is 16.7 Å². The van der Waals surface area contributed by atoms with Crippen molar-refractivity contribution in [3.05, 3.63) is 57.9 Å². The summed E-state index contributed by atoms with van der Waals surface area (Å²) in [6.45, 7) is 1.69. The van der Waals surface area contributed by atoms with E-state index < -0.39 is 28.9 Å². The summed E-state index contributed by atoms with van der Waals surface area (Å²) in [5.74, 6) is -7.77. The molecule has 2 aromatic rings. The Hall–Kier alpha value is -2.71. The second kappa shape index (κ2) is 4.47. The van der Waals surface area contributed by atoms with E-state index in [0.717, 1.165) is 6.08 Å². The number of carbonyl (C=O) groups is 1. The summed E-state index contributed by atoms with van der Waals surface area (Å²) in [5, 5.41) is 60.5. The minimum atomic E-state index is -2.94. The van der Waals surface area contributed by atoms with Crippen LogP contribution in [0.3, 0.4) is 0 Å². The van der Waals surface area contributed by atoms with Gasteiger partial charge in [-0.15, -0.1) is 0 Å². The molecule has 7 nitrogen and oxygen atoms in total. The Morgan fingerprint density at radius 1 is 1.00 bits per heavy atom. The molecule has 0 radical (unpaired) electrons. The lowest BCUT2D eigenvalue weighted by Gasteiger charge is -2.37. The number of benzene rings is 2. The molecule has 0 bridgehead atoms. The van der Waals surface area contributed by atoms with Crippen molar-refractivity contribution in [2.75, 3.05) is 0 Å². The van der Waals surface area contributed by atoms with Crippen molar-refractivity contribution in [3.63, 3.8) is 0 Å². The molecule has 0 unspecified atom stereocenters. The lowest BCUT2D eigenvalue weighted by atomic mass is 9.82. The predicted octanol–water partition coefficient (Wildman–Crippen LogP) is 0.974. The van der Waals surface area contributed by atoms with E-state index in [1.165, 1.54) is 24.3 Å². The summed E-state index contributed by atoms with van der Waals surface area (Å²) in [5.41, 5.74) is 1.08. The first-order valence-corrected chi connectivity index (χ1v) is 7.44. The molecule has 128 valence electrons. The van der Waals surface area contributed by atoms with E-state index >= 15 is 0 Å². The molecule has 0 amide bonds. The highest BCUT2D eigenvalue weighted by Crippen LogP contribution is 2.44. The summed E-state index contributed by atoms with van der Waals surface area (Å²) < 4.78 is 0. The molecule has 7 heteroatoms. The average molecular weight is 342 g/mol. The Morgan fingerprint density at radius 2 is 1.68 bits per heavy atom. The van der Waals surface area contributed by atoms with Crippen LogP contribution in [0.4, 0.5) is 0 Å². The fourth-order valence-electron chi connectivity index (χ4n) is 3.53. The number of hydrogen-bond acceptors (Lipinski definition) is 7. The van der Waals surface area contributed by atoms with Crippen LogP contribution in [0.5, 0.6) is 0 Å². The zero-order valence-electron chi connectivity index (χ0n) is 13.0. The van der Waals surface area contributed by atoms with Gasteiger partial charge in [-0.1, -0.05) is 18.2 Å². The van der Waals surface area contributed by atoms with Crippen molar-refractivity contribution < 1.29 is 35.4 Å². The van der Waals surface area contributed by atoms with Crippen molar-refractivity contribution in [2.45, 2.75) is 18.5 Å². The molecule has 0 aromatic heterocycles. The van der Waals surface area contributed by atoms with Crippen LogP contribution in [0.15, 0.2) is 30.0 Å². The molecule has 2 aromatic carbocycles. The van der Waals surface area contributed by atoms with Crippen molar-refractivity contribution in [1.82, 2.24) is 0 Å². The number of Topliss-reactive ketones (excluding diaryl/α,β-unsaturated/α-hetero) is 1. The van der Waals surface area contributed by atoms with E-state index in [1.807, 2.05) is 0 Å². The van der Waals surface area contributed by atoms with Gasteiger partial charge in [-0.05, 0) is 41.0 Å². The van der Waals surface area contributed by atoms with E-state index in [9.17, 15) is 35.4 Å². The summed E-state index contributed by atoms with van der Waals surface area (Å²) in [6, 6.07) is 4.19. The number of aryl methyl sites for hydroxylation is 1. The topological polar surface area (TPSA) is 138 Å². The van der Waals surface area contributed by atoms with Gasteiger partial charge in [0.2, 0.25) is 17.3 Å². The summed E-state index contributed by atoms with van der Waals surface area (Å²) in [4.78, 5) is 12.3. The highest BCUT2D eigenvalue weighted by Gasteiger charge is 2.50. The first-order chi connectivity index (χ1) is 11.6. The maximum absolute atomic E-state index is 12.3. The lowest BCUT2D eigenvalue weighted by molar-refractivity contribution is -0.343. The number of carbonyl (C=O) groups excluding carboxylic acids is 1. The molecule has 0 saturated heterocycles. The highest BCUT2D eigenvalue weighted by molar-refractivity contribution is 6.25. The molecule has 0 fully saturated rings. The quantitative estimate of drug-likeness (QED) is 0.392. The Bertz CT molecular complexity index is 1040. The largest absolute Gasteiger partial charge is 0.504 e. The van der Waals surface area contributed by atoms with Crippen LogP contribution in [0.2, 0.25) is 0 Å². The molecule has 0 atom stereocenters. The minimum Gasteiger partial charge on any atom is -0.504 e. The summed E-state index contributed by atoms with van der Waals surface area (Å²) in [7, 11) is 0. The Morgan fingerprint density at radius 3 is 2.36 bits per heavy atom. The average Bonchev–Trinajstić information content (AvgIpc) is 2.75. The SMILES string of the molecule is Cc1cc2c(c3ccc4c(c13)C=CC(O)(O)C4(O)O)C(=O)C(O)=C2O. The van der Waals surface area contributed by atoms with Gasteiger partial charge in [0.15, 0.2) is 5.76 Å². The summed E-state index contributed by atoms with van der Waals surface area (Å²) in [6.07, 6.45) is 2.17. The number of rotatable bonds is 0. The van der Waals surface area contributed by atoms with E-state index in [1.54, 1.807) is 6.92 Å². The van der Waals surface area contributed by atoms with Crippen LogP contribution in [-0.2, 0) is 5.79 Å². The molecule has 0 heterocycles. The van der Waals surface area contributed by atoms with Gasteiger partial charge >= 0.3 is 0 Å². The number of ketones is 1. The molecular formula is C18H14O7. The molecular weight excluding hydrogens is 328 g/mol.